The number of hydrogen-bond acceptors (Lipinski definition) is 4. The van der Waals surface area contributed by atoms with Crippen LogP contribution in [0, 0.1) is 6.92 Å². The molecule has 20 heavy (non-hydrogen) atoms. The molecule has 1 amide bonds. The smallest absolute Gasteiger partial charge is 0.266 e. The van der Waals surface area contributed by atoms with Gasteiger partial charge in [0.1, 0.15) is 12.4 Å². The van der Waals surface area contributed by atoms with E-state index in [1.807, 2.05) is 30.5 Å². The first kappa shape index (κ1) is 14.3. The molecule has 6 heteroatoms. The van der Waals surface area contributed by atoms with Crippen molar-refractivity contribution in [2.24, 2.45) is 5.84 Å². The van der Waals surface area contributed by atoms with Crippen LogP contribution in [0.4, 0.5) is 0 Å². The van der Waals surface area contributed by atoms with Crippen molar-refractivity contribution in [1.82, 2.24) is 10.4 Å². The number of ether oxygens (including phenoxy) is 1. The number of benzene rings is 1. The molecule has 0 spiro atoms. The van der Waals surface area contributed by atoms with Gasteiger partial charge in [0.15, 0.2) is 0 Å². The summed E-state index contributed by atoms with van der Waals surface area (Å²) in [6, 6.07) is 8.90. The molecule has 0 atom stereocenters. The molecule has 0 aliphatic heterocycles. The summed E-state index contributed by atoms with van der Waals surface area (Å²) in [5.74, 6) is 5.26. The highest BCUT2D eigenvalue weighted by atomic mass is 35.5. The summed E-state index contributed by atoms with van der Waals surface area (Å²) < 4.78 is 5.58. The Morgan fingerprint density at radius 1 is 1.40 bits per heavy atom. The van der Waals surface area contributed by atoms with Crippen molar-refractivity contribution >= 4 is 17.5 Å². The van der Waals surface area contributed by atoms with Gasteiger partial charge in [-0.15, -0.1) is 0 Å². The maximum atomic E-state index is 11.3. The lowest BCUT2D eigenvalue weighted by molar-refractivity contribution is 0.0953. The number of nitrogens with zero attached hydrogens (tertiary/aromatic N) is 1. The van der Waals surface area contributed by atoms with E-state index in [0.717, 1.165) is 5.56 Å². The zero-order valence-electron chi connectivity index (χ0n) is 10.9. The van der Waals surface area contributed by atoms with Gasteiger partial charge in [0.2, 0.25) is 0 Å². The van der Waals surface area contributed by atoms with Crippen molar-refractivity contribution in [2.45, 2.75) is 13.5 Å². The third kappa shape index (κ3) is 3.46. The highest BCUT2D eigenvalue weighted by molar-refractivity contribution is 6.32. The van der Waals surface area contributed by atoms with Gasteiger partial charge in [-0.05, 0) is 36.8 Å². The fourth-order valence-corrected chi connectivity index (χ4v) is 1.89. The number of halogens is 1. The molecule has 5 nitrogen and oxygen atoms in total. The van der Waals surface area contributed by atoms with Crippen molar-refractivity contribution in [1.29, 1.82) is 0 Å². The third-order valence-corrected chi connectivity index (χ3v) is 2.98. The standard InChI is InChI=1S/C14H14ClN3O2/c1-9-2-5-13(12(15)6-9)20-8-11-4-3-10(7-17-11)14(19)18-16/h2-7H,8,16H2,1H3,(H,18,19). The van der Waals surface area contributed by atoms with E-state index < -0.39 is 0 Å². The maximum absolute atomic E-state index is 11.3. The molecule has 0 aliphatic carbocycles. The zero-order valence-corrected chi connectivity index (χ0v) is 11.6. The second kappa shape index (κ2) is 6.36. The van der Waals surface area contributed by atoms with E-state index in [9.17, 15) is 4.79 Å². The normalized spacial score (nSPS) is 10.2. The monoisotopic (exact) mass is 291 g/mol. The summed E-state index contributed by atoms with van der Waals surface area (Å²) in [5.41, 5.74) is 4.19. The Balaban J connectivity index is 2.02. The molecule has 3 N–H and O–H groups in total. The van der Waals surface area contributed by atoms with E-state index in [0.29, 0.717) is 22.0 Å². The first-order valence-electron chi connectivity index (χ1n) is 5.95. The number of nitrogens with one attached hydrogen (secondary N) is 1. The number of aryl methyl sites for hydroxylation is 1. The Labute approximate surface area is 121 Å². The van der Waals surface area contributed by atoms with Gasteiger partial charge in [-0.25, -0.2) is 5.84 Å². The number of hydrogen-bond donors (Lipinski definition) is 2. The minimum Gasteiger partial charge on any atom is -0.486 e. The average Bonchev–Trinajstić information content (AvgIpc) is 2.46. The first-order chi connectivity index (χ1) is 9.60. The van der Waals surface area contributed by atoms with Gasteiger partial charge in [0, 0.05) is 6.20 Å². The number of nitrogen functional groups attached to an aromatic ring is 1. The molecule has 0 bridgehead atoms. The maximum Gasteiger partial charge on any atom is 0.266 e. The largest absolute Gasteiger partial charge is 0.486 e. The number of amides is 1. The van der Waals surface area contributed by atoms with Gasteiger partial charge < -0.3 is 4.74 Å². The van der Waals surface area contributed by atoms with E-state index >= 15 is 0 Å². The van der Waals surface area contributed by atoms with E-state index in [1.54, 1.807) is 12.1 Å². The molecule has 0 saturated heterocycles. The van der Waals surface area contributed by atoms with Crippen LogP contribution in [0.5, 0.6) is 5.75 Å². The summed E-state index contributed by atoms with van der Waals surface area (Å²) in [5, 5.41) is 0.559. The molecule has 2 rings (SSSR count). The van der Waals surface area contributed by atoms with Gasteiger partial charge in [0.25, 0.3) is 5.91 Å². The summed E-state index contributed by atoms with van der Waals surface area (Å²) in [6.07, 6.45) is 1.44. The predicted octanol–water partition coefficient (Wildman–Crippen LogP) is 2.23. The van der Waals surface area contributed by atoms with Crippen LogP contribution in [0.15, 0.2) is 36.5 Å². The molecule has 0 radical (unpaired) electrons. The molecule has 1 aromatic carbocycles. The molecule has 0 saturated carbocycles. The van der Waals surface area contributed by atoms with Crippen LogP contribution >= 0.6 is 11.6 Å². The molecule has 104 valence electrons. The molecular weight excluding hydrogens is 278 g/mol. The Morgan fingerprint density at radius 2 is 2.20 bits per heavy atom. The van der Waals surface area contributed by atoms with E-state index in [4.69, 9.17) is 22.2 Å². The fourth-order valence-electron chi connectivity index (χ4n) is 1.60. The molecular formula is C14H14ClN3O2. The number of hydrazine groups is 1. The predicted molar refractivity (Wildman–Crippen MR) is 76.4 cm³/mol. The molecule has 0 aliphatic rings. The Bertz CT molecular complexity index is 614. The van der Waals surface area contributed by atoms with Gasteiger partial charge in [0.05, 0.1) is 16.3 Å². The lowest BCUT2D eigenvalue weighted by atomic mass is 10.2. The van der Waals surface area contributed by atoms with Gasteiger partial charge in [-0.2, -0.15) is 0 Å². The molecule has 1 heterocycles. The van der Waals surface area contributed by atoms with Crippen LogP contribution < -0.4 is 16.0 Å². The molecule has 2 aromatic rings. The SMILES string of the molecule is Cc1ccc(OCc2ccc(C(=O)NN)cn2)c(Cl)c1. The Kier molecular flexibility index (Phi) is 4.55. The Hall–Kier alpha value is -2.11. The molecule has 0 unspecified atom stereocenters. The van der Waals surface area contributed by atoms with Crippen LogP contribution in [0.1, 0.15) is 21.6 Å². The lowest BCUT2D eigenvalue weighted by Crippen LogP contribution is -2.30. The highest BCUT2D eigenvalue weighted by Gasteiger charge is 2.05. The average molecular weight is 292 g/mol. The highest BCUT2D eigenvalue weighted by Crippen LogP contribution is 2.25. The van der Waals surface area contributed by atoms with Crippen molar-refractivity contribution in [3.8, 4) is 5.75 Å². The fraction of sp³-hybridized carbons (Fsp3) is 0.143. The summed E-state index contributed by atoms with van der Waals surface area (Å²) in [7, 11) is 0. The first-order valence-corrected chi connectivity index (χ1v) is 6.33. The number of pyridine rings is 1. The second-order valence-corrected chi connectivity index (χ2v) is 4.64. The van der Waals surface area contributed by atoms with Crippen molar-refractivity contribution in [3.63, 3.8) is 0 Å². The van der Waals surface area contributed by atoms with Gasteiger partial charge in [-0.3, -0.25) is 15.2 Å². The number of nitrogens with two attached hydrogens (primary N) is 1. The van der Waals surface area contributed by atoms with Crippen molar-refractivity contribution in [3.05, 3.63) is 58.4 Å². The van der Waals surface area contributed by atoms with Crippen LogP contribution in [0.25, 0.3) is 0 Å². The van der Waals surface area contributed by atoms with Gasteiger partial charge >= 0.3 is 0 Å². The number of rotatable bonds is 4. The summed E-state index contributed by atoms with van der Waals surface area (Å²) in [6.45, 7) is 2.23. The van der Waals surface area contributed by atoms with Crippen LogP contribution in [-0.2, 0) is 6.61 Å². The molecule has 0 fully saturated rings. The summed E-state index contributed by atoms with van der Waals surface area (Å²) in [4.78, 5) is 15.4. The van der Waals surface area contributed by atoms with E-state index in [-0.39, 0.29) is 12.5 Å². The van der Waals surface area contributed by atoms with Crippen LogP contribution in [0.2, 0.25) is 5.02 Å². The van der Waals surface area contributed by atoms with E-state index in [2.05, 4.69) is 4.98 Å². The summed E-state index contributed by atoms with van der Waals surface area (Å²) >= 11 is 6.07. The number of carbonyl (C=O) groups is 1. The van der Waals surface area contributed by atoms with Crippen molar-refractivity contribution < 1.29 is 9.53 Å². The Morgan fingerprint density at radius 3 is 2.80 bits per heavy atom. The second-order valence-electron chi connectivity index (χ2n) is 4.23. The van der Waals surface area contributed by atoms with Crippen LogP contribution in [0.3, 0.4) is 0 Å². The topological polar surface area (TPSA) is 77.2 Å². The third-order valence-electron chi connectivity index (χ3n) is 2.68. The van der Waals surface area contributed by atoms with Crippen molar-refractivity contribution in [2.75, 3.05) is 0 Å². The quantitative estimate of drug-likeness (QED) is 0.514. The number of aromatic nitrogens is 1. The lowest BCUT2D eigenvalue weighted by Gasteiger charge is -2.08. The number of carbonyl (C=O) groups excluding carboxylic acids is 1. The van der Waals surface area contributed by atoms with E-state index in [1.165, 1.54) is 6.20 Å². The minimum absolute atomic E-state index is 0.271. The molecule has 1 aromatic heterocycles. The van der Waals surface area contributed by atoms with Crippen LogP contribution in [-0.4, -0.2) is 10.9 Å². The minimum atomic E-state index is -0.383. The van der Waals surface area contributed by atoms with Gasteiger partial charge in [-0.1, -0.05) is 17.7 Å². The zero-order chi connectivity index (χ0) is 14.5.